The van der Waals surface area contributed by atoms with Gasteiger partial charge in [0.2, 0.25) is 0 Å². The Morgan fingerprint density at radius 2 is 1.71 bits per heavy atom. The molecule has 1 rings (SSSR count). The van der Waals surface area contributed by atoms with Crippen LogP contribution in [-0.2, 0) is 12.6 Å². The molecular formula is C13H20F3N. The van der Waals surface area contributed by atoms with Gasteiger partial charge in [-0.05, 0) is 18.6 Å². The molecule has 1 nitrogen and oxygen atoms in total. The van der Waals surface area contributed by atoms with E-state index in [1.54, 1.807) is 0 Å². The molecular weight excluding hydrogens is 227 g/mol. The van der Waals surface area contributed by atoms with Crippen LogP contribution in [0.5, 0.6) is 0 Å². The fourth-order valence-corrected chi connectivity index (χ4v) is 0.996. The lowest BCUT2D eigenvalue weighted by molar-refractivity contribution is -0.137. The van der Waals surface area contributed by atoms with Crippen molar-refractivity contribution in [3.05, 3.63) is 42.7 Å². The Bertz CT molecular complexity index is 278. The van der Waals surface area contributed by atoms with Gasteiger partial charge in [0.25, 0.3) is 0 Å². The highest BCUT2D eigenvalue weighted by Gasteiger charge is 2.30. The predicted molar refractivity (Wildman–Crippen MR) is 65.8 cm³/mol. The highest BCUT2D eigenvalue weighted by Crippen LogP contribution is 2.28. The second-order valence-electron chi connectivity index (χ2n) is 2.79. The summed E-state index contributed by atoms with van der Waals surface area (Å²) < 4.78 is 36.2. The summed E-state index contributed by atoms with van der Waals surface area (Å²) in [6.45, 7) is 12.0. The summed E-state index contributed by atoms with van der Waals surface area (Å²) in [5.74, 6) is 0. The largest absolute Gasteiger partial charge is 0.417 e. The van der Waals surface area contributed by atoms with Crippen LogP contribution in [0, 0.1) is 0 Å². The number of hydrogen-bond acceptors (Lipinski definition) is 1. The van der Waals surface area contributed by atoms with Gasteiger partial charge in [0.1, 0.15) is 0 Å². The molecule has 17 heavy (non-hydrogen) atoms. The normalized spacial score (nSPS) is 9.53. The Labute approximate surface area is 101 Å². The fraction of sp³-hybridized carbons (Fsp3) is 0.462. The molecule has 0 aromatic carbocycles. The zero-order valence-corrected chi connectivity index (χ0v) is 10.6. The van der Waals surface area contributed by atoms with E-state index in [9.17, 15) is 13.2 Å². The van der Waals surface area contributed by atoms with Crippen molar-refractivity contribution in [1.82, 2.24) is 4.98 Å². The summed E-state index contributed by atoms with van der Waals surface area (Å²) >= 11 is 0. The summed E-state index contributed by atoms with van der Waals surface area (Å²) in [6.07, 6.45) is -1.79. The fourth-order valence-electron chi connectivity index (χ4n) is 0.996. The Kier molecular flexibility index (Phi) is 10.5. The predicted octanol–water partition coefficient (Wildman–Crippen LogP) is 4.88. The van der Waals surface area contributed by atoms with Crippen LogP contribution >= 0.6 is 0 Å². The molecule has 0 bridgehead atoms. The second-order valence-corrected chi connectivity index (χ2v) is 2.79. The van der Waals surface area contributed by atoms with Crippen molar-refractivity contribution < 1.29 is 13.2 Å². The number of pyridine rings is 1. The monoisotopic (exact) mass is 247 g/mol. The van der Waals surface area contributed by atoms with E-state index in [-0.39, 0.29) is 0 Å². The van der Waals surface area contributed by atoms with Crippen molar-refractivity contribution in [2.75, 3.05) is 0 Å². The summed E-state index contributed by atoms with van der Waals surface area (Å²) in [5.41, 5.74) is 0.0165. The van der Waals surface area contributed by atoms with Gasteiger partial charge in [0.15, 0.2) is 0 Å². The average Bonchev–Trinajstić information content (AvgIpc) is 2.34. The molecule has 98 valence electrons. The van der Waals surface area contributed by atoms with Crippen LogP contribution in [0.15, 0.2) is 31.5 Å². The molecule has 0 spiro atoms. The number of aromatic nitrogens is 1. The standard InChI is InChI=1S/C9H10F3N.C2H6.C2H4/c1-2-3-8-5-4-7(6-13-8)9(10,11)12;2*1-2/h4-6H,2-3H2,1H3;1-2H3;1-2H2. The third kappa shape index (κ3) is 7.55. The zero-order valence-electron chi connectivity index (χ0n) is 10.6. The Balaban J connectivity index is 0. The number of hydrogen-bond donors (Lipinski definition) is 0. The quantitative estimate of drug-likeness (QED) is 0.678. The smallest absolute Gasteiger partial charge is 0.261 e. The molecule has 1 heterocycles. The lowest BCUT2D eigenvalue weighted by atomic mass is 10.2. The summed E-state index contributed by atoms with van der Waals surface area (Å²) in [4.78, 5) is 3.71. The van der Waals surface area contributed by atoms with Crippen LogP contribution in [0.2, 0.25) is 0 Å². The molecule has 0 atom stereocenters. The first kappa shape index (κ1) is 18.1. The Morgan fingerprint density at radius 3 is 2.00 bits per heavy atom. The van der Waals surface area contributed by atoms with E-state index in [4.69, 9.17) is 0 Å². The zero-order chi connectivity index (χ0) is 13.9. The van der Waals surface area contributed by atoms with E-state index in [1.807, 2.05) is 20.8 Å². The lowest BCUT2D eigenvalue weighted by Gasteiger charge is -2.05. The van der Waals surface area contributed by atoms with Gasteiger partial charge >= 0.3 is 6.18 Å². The lowest BCUT2D eigenvalue weighted by Crippen LogP contribution is -2.05. The molecule has 1 aromatic heterocycles. The maximum atomic E-state index is 12.1. The van der Waals surface area contributed by atoms with E-state index in [0.29, 0.717) is 5.69 Å². The van der Waals surface area contributed by atoms with E-state index < -0.39 is 11.7 Å². The van der Waals surface area contributed by atoms with Gasteiger partial charge in [0, 0.05) is 11.9 Å². The molecule has 0 aliphatic carbocycles. The van der Waals surface area contributed by atoms with Gasteiger partial charge < -0.3 is 0 Å². The number of alkyl halides is 3. The molecule has 0 saturated heterocycles. The van der Waals surface area contributed by atoms with Crippen molar-refractivity contribution >= 4 is 0 Å². The molecule has 0 unspecified atom stereocenters. The van der Waals surface area contributed by atoms with Gasteiger partial charge in [-0.15, -0.1) is 13.2 Å². The van der Waals surface area contributed by atoms with Crippen molar-refractivity contribution in [1.29, 1.82) is 0 Å². The average molecular weight is 247 g/mol. The van der Waals surface area contributed by atoms with Crippen molar-refractivity contribution in [3.63, 3.8) is 0 Å². The van der Waals surface area contributed by atoms with Gasteiger partial charge in [-0.25, -0.2) is 0 Å². The van der Waals surface area contributed by atoms with Crippen LogP contribution in [0.3, 0.4) is 0 Å². The first-order chi connectivity index (χ1) is 8.04. The Morgan fingerprint density at radius 1 is 1.18 bits per heavy atom. The number of nitrogens with zero attached hydrogens (tertiary/aromatic N) is 1. The van der Waals surface area contributed by atoms with E-state index in [1.165, 1.54) is 6.07 Å². The van der Waals surface area contributed by atoms with Crippen molar-refractivity contribution in [3.8, 4) is 0 Å². The minimum Gasteiger partial charge on any atom is -0.261 e. The SMILES string of the molecule is C=C.CC.CCCc1ccc(C(F)(F)F)cn1. The molecule has 0 aliphatic heterocycles. The third-order valence-corrected chi connectivity index (χ3v) is 1.66. The maximum Gasteiger partial charge on any atom is 0.417 e. The first-order valence-electron chi connectivity index (χ1n) is 5.56. The minimum absolute atomic E-state index is 0.688. The highest BCUT2D eigenvalue weighted by atomic mass is 19.4. The maximum absolute atomic E-state index is 12.1. The van der Waals surface area contributed by atoms with Crippen LogP contribution < -0.4 is 0 Å². The number of rotatable bonds is 2. The molecule has 4 heteroatoms. The molecule has 1 aromatic rings. The van der Waals surface area contributed by atoms with Gasteiger partial charge in [-0.3, -0.25) is 4.98 Å². The molecule has 0 saturated carbocycles. The third-order valence-electron chi connectivity index (χ3n) is 1.66. The minimum atomic E-state index is -4.28. The van der Waals surface area contributed by atoms with Crippen molar-refractivity contribution in [2.24, 2.45) is 0 Å². The topological polar surface area (TPSA) is 12.9 Å². The summed E-state index contributed by atoms with van der Waals surface area (Å²) in [7, 11) is 0. The Hall–Kier alpha value is -1.32. The van der Waals surface area contributed by atoms with Gasteiger partial charge in [0.05, 0.1) is 5.56 Å². The van der Waals surface area contributed by atoms with Gasteiger partial charge in [-0.2, -0.15) is 13.2 Å². The summed E-state index contributed by atoms with van der Waals surface area (Å²) in [5, 5.41) is 0. The van der Waals surface area contributed by atoms with Crippen LogP contribution in [0.1, 0.15) is 38.4 Å². The van der Waals surface area contributed by atoms with Gasteiger partial charge in [-0.1, -0.05) is 27.2 Å². The number of halogens is 3. The molecule has 0 N–H and O–H groups in total. The first-order valence-corrected chi connectivity index (χ1v) is 5.56. The molecule has 0 fully saturated rings. The van der Waals surface area contributed by atoms with E-state index in [0.717, 1.165) is 25.1 Å². The number of aryl methyl sites for hydroxylation is 1. The van der Waals surface area contributed by atoms with Crippen LogP contribution in [0.25, 0.3) is 0 Å². The summed E-state index contributed by atoms with van der Waals surface area (Å²) in [6, 6.07) is 2.49. The van der Waals surface area contributed by atoms with Crippen LogP contribution in [-0.4, -0.2) is 4.98 Å². The van der Waals surface area contributed by atoms with Crippen LogP contribution in [0.4, 0.5) is 13.2 Å². The highest BCUT2D eigenvalue weighted by molar-refractivity contribution is 5.16. The molecule has 0 radical (unpaired) electrons. The van der Waals surface area contributed by atoms with E-state index in [2.05, 4.69) is 18.1 Å². The molecule has 0 aliphatic rings. The molecule has 0 amide bonds. The van der Waals surface area contributed by atoms with Crippen molar-refractivity contribution in [2.45, 2.75) is 39.8 Å². The van der Waals surface area contributed by atoms with E-state index >= 15 is 0 Å². The second kappa shape index (κ2) is 9.87.